The summed E-state index contributed by atoms with van der Waals surface area (Å²) in [6.07, 6.45) is 4.95. The first kappa shape index (κ1) is 13.0. The molecule has 1 N–H and O–H groups in total. The Morgan fingerprint density at radius 1 is 1.44 bits per heavy atom. The van der Waals surface area contributed by atoms with E-state index in [1.807, 2.05) is 43.3 Å². The summed E-state index contributed by atoms with van der Waals surface area (Å²) in [4.78, 5) is 11.0. The van der Waals surface area contributed by atoms with Crippen molar-refractivity contribution in [3.8, 4) is 0 Å². The van der Waals surface area contributed by atoms with E-state index in [9.17, 15) is 4.79 Å². The highest BCUT2D eigenvalue weighted by Gasteiger charge is 2.16. The van der Waals surface area contributed by atoms with Crippen LogP contribution in [0.1, 0.15) is 18.9 Å². The Morgan fingerprint density at radius 2 is 2.06 bits per heavy atom. The first-order valence-corrected chi connectivity index (χ1v) is 6.01. The van der Waals surface area contributed by atoms with E-state index in [0.29, 0.717) is 12.8 Å². The van der Waals surface area contributed by atoms with Gasteiger partial charge in [-0.05, 0) is 37.5 Å². The fraction of sp³-hybridized carbons (Fsp3) is 0.308. The summed E-state index contributed by atoms with van der Waals surface area (Å²) < 4.78 is 1.01. The third kappa shape index (κ3) is 4.19. The maximum absolute atomic E-state index is 11.0. The van der Waals surface area contributed by atoms with Gasteiger partial charge < -0.3 is 5.11 Å². The lowest BCUT2D eigenvalue weighted by Crippen LogP contribution is -2.15. The van der Waals surface area contributed by atoms with Crippen LogP contribution in [-0.2, 0) is 11.2 Å². The number of hydrogen-bond acceptors (Lipinski definition) is 1. The summed E-state index contributed by atoms with van der Waals surface area (Å²) in [5.74, 6) is -1.07. The molecule has 0 aliphatic heterocycles. The Labute approximate surface area is 104 Å². The molecular formula is C13H15BrO2. The minimum atomic E-state index is -0.735. The van der Waals surface area contributed by atoms with Crippen LogP contribution in [0.25, 0.3) is 0 Å². The number of rotatable bonds is 5. The van der Waals surface area contributed by atoms with Gasteiger partial charge in [0.15, 0.2) is 0 Å². The first-order chi connectivity index (χ1) is 7.63. The summed E-state index contributed by atoms with van der Waals surface area (Å²) >= 11 is 3.36. The summed E-state index contributed by atoms with van der Waals surface area (Å²) in [5.41, 5.74) is 1.06. The van der Waals surface area contributed by atoms with Crippen molar-refractivity contribution in [2.24, 2.45) is 5.92 Å². The number of allylic oxidation sites excluding steroid dienone is 2. The van der Waals surface area contributed by atoms with E-state index < -0.39 is 5.97 Å². The smallest absolute Gasteiger partial charge is 0.307 e. The maximum Gasteiger partial charge on any atom is 0.307 e. The van der Waals surface area contributed by atoms with Crippen LogP contribution in [0.4, 0.5) is 0 Å². The molecule has 1 aromatic carbocycles. The molecule has 86 valence electrons. The van der Waals surface area contributed by atoms with Crippen LogP contribution in [0.3, 0.4) is 0 Å². The minimum Gasteiger partial charge on any atom is -0.481 e. The molecule has 0 spiro atoms. The number of halogens is 1. The molecule has 0 radical (unpaired) electrons. The Balaban J connectivity index is 2.67. The molecule has 0 saturated carbocycles. The van der Waals surface area contributed by atoms with E-state index in [1.54, 1.807) is 0 Å². The van der Waals surface area contributed by atoms with Gasteiger partial charge in [0, 0.05) is 4.47 Å². The zero-order valence-electron chi connectivity index (χ0n) is 9.19. The highest BCUT2D eigenvalue weighted by atomic mass is 79.9. The van der Waals surface area contributed by atoms with Gasteiger partial charge in [0.05, 0.1) is 5.92 Å². The maximum atomic E-state index is 11.0. The number of aliphatic carboxylic acids is 1. The predicted octanol–water partition coefficient (Wildman–Crippen LogP) is 3.66. The molecule has 1 atom stereocenters. The van der Waals surface area contributed by atoms with Gasteiger partial charge in [-0.3, -0.25) is 4.79 Å². The molecule has 1 aromatic rings. The van der Waals surface area contributed by atoms with E-state index in [-0.39, 0.29) is 5.92 Å². The van der Waals surface area contributed by atoms with Crippen molar-refractivity contribution < 1.29 is 9.90 Å². The number of hydrogen-bond donors (Lipinski definition) is 1. The number of carboxylic acids is 1. The number of benzene rings is 1. The third-order valence-electron chi connectivity index (χ3n) is 2.40. The zero-order valence-corrected chi connectivity index (χ0v) is 10.8. The van der Waals surface area contributed by atoms with Crippen molar-refractivity contribution in [3.05, 3.63) is 46.5 Å². The van der Waals surface area contributed by atoms with Crippen molar-refractivity contribution in [2.45, 2.75) is 19.8 Å². The van der Waals surface area contributed by atoms with Crippen molar-refractivity contribution in [3.63, 3.8) is 0 Å². The van der Waals surface area contributed by atoms with Gasteiger partial charge in [-0.25, -0.2) is 0 Å². The second kappa shape index (κ2) is 6.48. The predicted molar refractivity (Wildman–Crippen MR) is 68.4 cm³/mol. The molecule has 0 aliphatic carbocycles. The zero-order chi connectivity index (χ0) is 12.0. The summed E-state index contributed by atoms with van der Waals surface area (Å²) in [6, 6.07) is 7.78. The Bertz CT molecular complexity index is 368. The van der Waals surface area contributed by atoms with Gasteiger partial charge in [-0.15, -0.1) is 0 Å². The molecular weight excluding hydrogens is 268 g/mol. The normalized spacial score (nSPS) is 12.9. The van der Waals surface area contributed by atoms with Gasteiger partial charge in [-0.2, -0.15) is 0 Å². The van der Waals surface area contributed by atoms with Crippen LogP contribution in [-0.4, -0.2) is 11.1 Å². The summed E-state index contributed by atoms with van der Waals surface area (Å²) in [6.45, 7) is 1.90. The van der Waals surface area contributed by atoms with E-state index in [1.165, 1.54) is 0 Å². The van der Waals surface area contributed by atoms with Crippen molar-refractivity contribution in [1.82, 2.24) is 0 Å². The van der Waals surface area contributed by atoms with Crippen LogP contribution in [0.5, 0.6) is 0 Å². The van der Waals surface area contributed by atoms with Gasteiger partial charge in [0.1, 0.15) is 0 Å². The molecule has 1 unspecified atom stereocenters. The second-order valence-electron chi connectivity index (χ2n) is 3.67. The Hall–Kier alpha value is -1.09. The Morgan fingerprint density at radius 3 is 2.56 bits per heavy atom. The van der Waals surface area contributed by atoms with Crippen molar-refractivity contribution >= 4 is 21.9 Å². The number of carbonyl (C=O) groups is 1. The fourth-order valence-electron chi connectivity index (χ4n) is 1.48. The molecule has 2 nitrogen and oxygen atoms in total. The third-order valence-corrected chi connectivity index (χ3v) is 2.93. The molecule has 0 bridgehead atoms. The molecule has 16 heavy (non-hydrogen) atoms. The van der Waals surface area contributed by atoms with E-state index in [2.05, 4.69) is 15.9 Å². The summed E-state index contributed by atoms with van der Waals surface area (Å²) in [5, 5.41) is 9.07. The van der Waals surface area contributed by atoms with Crippen LogP contribution in [0, 0.1) is 5.92 Å². The van der Waals surface area contributed by atoms with Crippen molar-refractivity contribution in [1.29, 1.82) is 0 Å². The quantitative estimate of drug-likeness (QED) is 0.837. The monoisotopic (exact) mass is 282 g/mol. The topological polar surface area (TPSA) is 37.3 Å². The SMILES string of the molecule is CC=CCC(Cc1ccc(Br)cc1)C(=O)O. The molecule has 0 aliphatic rings. The molecule has 0 saturated heterocycles. The molecule has 0 amide bonds. The van der Waals surface area contributed by atoms with Gasteiger partial charge in [-0.1, -0.05) is 40.2 Å². The first-order valence-electron chi connectivity index (χ1n) is 5.22. The van der Waals surface area contributed by atoms with Gasteiger partial charge in [0.25, 0.3) is 0 Å². The summed E-state index contributed by atoms with van der Waals surface area (Å²) in [7, 11) is 0. The van der Waals surface area contributed by atoms with Crippen molar-refractivity contribution in [2.75, 3.05) is 0 Å². The average molecular weight is 283 g/mol. The van der Waals surface area contributed by atoms with Crippen LogP contribution < -0.4 is 0 Å². The van der Waals surface area contributed by atoms with E-state index in [0.717, 1.165) is 10.0 Å². The largest absolute Gasteiger partial charge is 0.481 e. The molecule has 0 aromatic heterocycles. The fourth-order valence-corrected chi connectivity index (χ4v) is 1.74. The lowest BCUT2D eigenvalue weighted by molar-refractivity contribution is -0.141. The van der Waals surface area contributed by atoms with Crippen LogP contribution >= 0.6 is 15.9 Å². The van der Waals surface area contributed by atoms with E-state index >= 15 is 0 Å². The van der Waals surface area contributed by atoms with E-state index in [4.69, 9.17) is 5.11 Å². The van der Waals surface area contributed by atoms with Crippen LogP contribution in [0.15, 0.2) is 40.9 Å². The lowest BCUT2D eigenvalue weighted by Gasteiger charge is -2.09. The number of carboxylic acid groups (broad SMARTS) is 1. The van der Waals surface area contributed by atoms with Crippen LogP contribution in [0.2, 0.25) is 0 Å². The highest BCUT2D eigenvalue weighted by Crippen LogP contribution is 2.16. The molecule has 1 rings (SSSR count). The average Bonchev–Trinajstić information content (AvgIpc) is 2.26. The Kier molecular flexibility index (Phi) is 5.26. The lowest BCUT2D eigenvalue weighted by atomic mass is 9.96. The highest BCUT2D eigenvalue weighted by molar-refractivity contribution is 9.10. The minimum absolute atomic E-state index is 0.336. The standard InChI is InChI=1S/C13H15BrO2/c1-2-3-4-11(13(15)16)9-10-5-7-12(14)8-6-10/h2-3,5-8,11H,4,9H2,1H3,(H,15,16). The van der Waals surface area contributed by atoms with Gasteiger partial charge in [0.2, 0.25) is 0 Å². The molecule has 0 fully saturated rings. The second-order valence-corrected chi connectivity index (χ2v) is 4.59. The molecule has 0 heterocycles. The van der Waals surface area contributed by atoms with Gasteiger partial charge >= 0.3 is 5.97 Å². The molecule has 3 heteroatoms.